The molecule has 0 radical (unpaired) electrons. The Hall–Kier alpha value is -1.33. The van der Waals surface area contributed by atoms with Crippen LogP contribution in [-0.2, 0) is 11.3 Å². The maximum atomic E-state index is 12.6. The Morgan fingerprint density at radius 3 is 2.85 bits per heavy atom. The number of amides is 1. The molecule has 1 aromatic heterocycles. The van der Waals surface area contributed by atoms with Crippen molar-refractivity contribution in [3.8, 4) is 0 Å². The number of likely N-dealkylation sites (N-methyl/N-ethyl adjacent to an activating group) is 1. The molecule has 2 saturated heterocycles. The van der Waals surface area contributed by atoms with Crippen LogP contribution in [0.3, 0.4) is 0 Å². The van der Waals surface area contributed by atoms with E-state index in [1.54, 1.807) is 12.5 Å². The summed E-state index contributed by atoms with van der Waals surface area (Å²) in [6.07, 6.45) is 4.53. The maximum absolute atomic E-state index is 12.6. The molecule has 110 valence electrons. The van der Waals surface area contributed by atoms with E-state index in [-0.39, 0.29) is 11.9 Å². The van der Waals surface area contributed by atoms with Crippen molar-refractivity contribution in [3.05, 3.63) is 24.2 Å². The van der Waals surface area contributed by atoms with Gasteiger partial charge in [-0.15, -0.1) is 0 Å². The lowest BCUT2D eigenvalue weighted by atomic mass is 10.1. The van der Waals surface area contributed by atoms with Gasteiger partial charge < -0.3 is 14.2 Å². The van der Waals surface area contributed by atoms with Crippen LogP contribution in [0, 0.1) is 0 Å². The molecule has 1 amide bonds. The monoisotopic (exact) mass is 277 g/mol. The molecule has 3 rings (SSSR count). The fourth-order valence-electron chi connectivity index (χ4n) is 3.35. The van der Waals surface area contributed by atoms with Gasteiger partial charge >= 0.3 is 0 Å². The van der Waals surface area contributed by atoms with Gasteiger partial charge in [0.1, 0.15) is 0 Å². The van der Waals surface area contributed by atoms with Crippen LogP contribution in [0.25, 0.3) is 0 Å². The zero-order valence-electron chi connectivity index (χ0n) is 12.5. The quantitative estimate of drug-likeness (QED) is 0.827. The van der Waals surface area contributed by atoms with Crippen molar-refractivity contribution in [1.82, 2.24) is 14.7 Å². The molecule has 0 aliphatic carbocycles. The first-order chi connectivity index (χ1) is 9.56. The van der Waals surface area contributed by atoms with Gasteiger partial charge in [-0.05, 0) is 33.5 Å². The number of piperazine rings is 1. The summed E-state index contributed by atoms with van der Waals surface area (Å²) in [5.74, 6) is 0.272. The standard InChI is InChI=1S/C15H23N3O2/c1-11-15(19)18-9-13(16(2)3)6-14(18)8-17(11)7-12-4-5-20-10-12/h4-5,10-11,13-14H,6-9H2,1-3H3/t11-,13-,14-/m0/s1. The smallest absolute Gasteiger partial charge is 0.240 e. The summed E-state index contributed by atoms with van der Waals surface area (Å²) in [7, 11) is 4.19. The number of hydrogen-bond acceptors (Lipinski definition) is 4. The van der Waals surface area contributed by atoms with Gasteiger partial charge in [0.15, 0.2) is 0 Å². The van der Waals surface area contributed by atoms with E-state index < -0.39 is 0 Å². The number of fused-ring (bicyclic) bond motifs is 1. The first-order valence-electron chi connectivity index (χ1n) is 7.28. The van der Waals surface area contributed by atoms with Crippen LogP contribution in [0.15, 0.2) is 23.0 Å². The van der Waals surface area contributed by atoms with Crippen LogP contribution in [0.5, 0.6) is 0 Å². The molecule has 2 aliphatic rings. The van der Waals surface area contributed by atoms with Crippen molar-refractivity contribution in [1.29, 1.82) is 0 Å². The van der Waals surface area contributed by atoms with Crippen LogP contribution in [0.4, 0.5) is 0 Å². The highest BCUT2D eigenvalue weighted by molar-refractivity contribution is 5.83. The first-order valence-corrected chi connectivity index (χ1v) is 7.28. The average molecular weight is 277 g/mol. The van der Waals surface area contributed by atoms with E-state index >= 15 is 0 Å². The molecular weight excluding hydrogens is 254 g/mol. The molecule has 5 heteroatoms. The normalized spacial score (nSPS) is 31.1. The second-order valence-electron chi connectivity index (χ2n) is 6.23. The third-order valence-corrected chi connectivity index (χ3v) is 4.72. The molecule has 2 fully saturated rings. The minimum Gasteiger partial charge on any atom is -0.472 e. The number of furan rings is 1. The lowest BCUT2D eigenvalue weighted by molar-refractivity contribution is -0.143. The Morgan fingerprint density at radius 2 is 2.20 bits per heavy atom. The van der Waals surface area contributed by atoms with E-state index in [4.69, 9.17) is 4.42 Å². The Labute approximate surface area is 120 Å². The van der Waals surface area contributed by atoms with Crippen molar-refractivity contribution >= 4 is 5.91 Å². The van der Waals surface area contributed by atoms with Crippen LogP contribution in [0.2, 0.25) is 0 Å². The summed E-state index contributed by atoms with van der Waals surface area (Å²) in [6.45, 7) is 4.64. The van der Waals surface area contributed by atoms with Gasteiger partial charge in [-0.1, -0.05) is 0 Å². The topological polar surface area (TPSA) is 39.9 Å². The summed E-state index contributed by atoms with van der Waals surface area (Å²) < 4.78 is 5.12. The number of carbonyl (C=O) groups is 1. The summed E-state index contributed by atoms with van der Waals surface area (Å²) in [4.78, 5) is 19.1. The molecular formula is C15H23N3O2. The van der Waals surface area contributed by atoms with Crippen LogP contribution in [0.1, 0.15) is 18.9 Å². The van der Waals surface area contributed by atoms with Crippen molar-refractivity contribution in [2.45, 2.75) is 38.0 Å². The number of hydrogen-bond donors (Lipinski definition) is 0. The molecule has 0 bridgehead atoms. The zero-order valence-corrected chi connectivity index (χ0v) is 12.5. The van der Waals surface area contributed by atoms with Crippen molar-refractivity contribution in [2.75, 3.05) is 27.2 Å². The maximum Gasteiger partial charge on any atom is 0.240 e. The van der Waals surface area contributed by atoms with E-state index in [9.17, 15) is 4.79 Å². The largest absolute Gasteiger partial charge is 0.472 e. The van der Waals surface area contributed by atoms with Crippen LogP contribution >= 0.6 is 0 Å². The van der Waals surface area contributed by atoms with Crippen molar-refractivity contribution < 1.29 is 9.21 Å². The van der Waals surface area contributed by atoms with E-state index in [0.29, 0.717) is 12.1 Å². The van der Waals surface area contributed by atoms with E-state index in [1.807, 2.05) is 13.0 Å². The fourth-order valence-corrected chi connectivity index (χ4v) is 3.35. The highest BCUT2D eigenvalue weighted by Gasteiger charge is 2.44. The Morgan fingerprint density at radius 1 is 1.40 bits per heavy atom. The fraction of sp³-hybridized carbons (Fsp3) is 0.667. The summed E-state index contributed by atoms with van der Waals surface area (Å²) >= 11 is 0. The molecule has 1 aromatic rings. The van der Waals surface area contributed by atoms with Gasteiger partial charge in [0.25, 0.3) is 0 Å². The summed E-state index contributed by atoms with van der Waals surface area (Å²) in [5, 5.41) is 0. The highest BCUT2D eigenvalue weighted by atomic mass is 16.3. The lowest BCUT2D eigenvalue weighted by Crippen LogP contribution is -2.58. The summed E-state index contributed by atoms with van der Waals surface area (Å²) in [5.41, 5.74) is 1.14. The molecule has 3 atom stereocenters. The van der Waals surface area contributed by atoms with Crippen molar-refractivity contribution in [2.24, 2.45) is 0 Å². The third-order valence-electron chi connectivity index (χ3n) is 4.72. The van der Waals surface area contributed by atoms with Gasteiger partial charge in [0, 0.05) is 37.3 Å². The van der Waals surface area contributed by atoms with E-state index in [0.717, 1.165) is 31.6 Å². The Balaban J connectivity index is 1.72. The second kappa shape index (κ2) is 5.22. The van der Waals surface area contributed by atoms with Crippen LogP contribution in [-0.4, -0.2) is 65.9 Å². The predicted molar refractivity (Wildman–Crippen MR) is 76.2 cm³/mol. The number of carbonyl (C=O) groups excluding carboxylic acids is 1. The molecule has 3 heterocycles. The minimum absolute atomic E-state index is 0.0398. The number of nitrogens with zero attached hydrogens (tertiary/aromatic N) is 3. The molecule has 5 nitrogen and oxygen atoms in total. The molecule has 0 aromatic carbocycles. The Bertz CT molecular complexity index is 471. The molecule has 20 heavy (non-hydrogen) atoms. The van der Waals surface area contributed by atoms with Gasteiger partial charge in [-0.2, -0.15) is 0 Å². The van der Waals surface area contributed by atoms with Gasteiger partial charge in [0.2, 0.25) is 5.91 Å². The summed E-state index contributed by atoms with van der Waals surface area (Å²) in [6, 6.07) is 2.78. The highest BCUT2D eigenvalue weighted by Crippen LogP contribution is 2.28. The SMILES string of the molecule is C[C@H]1C(=O)N2C[C@@H](N(C)C)C[C@H]2CN1Cc1ccoc1. The molecule has 0 unspecified atom stereocenters. The molecule has 0 spiro atoms. The molecule has 0 N–H and O–H groups in total. The number of rotatable bonds is 3. The zero-order chi connectivity index (χ0) is 14.3. The average Bonchev–Trinajstić information content (AvgIpc) is 3.04. The van der Waals surface area contributed by atoms with Crippen LogP contribution < -0.4 is 0 Å². The Kier molecular flexibility index (Phi) is 3.56. The van der Waals surface area contributed by atoms with Gasteiger partial charge in [-0.25, -0.2) is 0 Å². The molecule has 0 saturated carbocycles. The lowest BCUT2D eigenvalue weighted by Gasteiger charge is -2.41. The van der Waals surface area contributed by atoms with Gasteiger partial charge in [0.05, 0.1) is 18.6 Å². The minimum atomic E-state index is -0.0398. The van der Waals surface area contributed by atoms with Crippen molar-refractivity contribution in [3.63, 3.8) is 0 Å². The molecule has 2 aliphatic heterocycles. The predicted octanol–water partition coefficient (Wildman–Crippen LogP) is 1.01. The van der Waals surface area contributed by atoms with E-state index in [1.165, 1.54) is 0 Å². The third kappa shape index (κ3) is 2.36. The van der Waals surface area contributed by atoms with Gasteiger partial charge in [-0.3, -0.25) is 9.69 Å². The van der Waals surface area contributed by atoms with E-state index in [2.05, 4.69) is 28.8 Å². The second-order valence-corrected chi connectivity index (χ2v) is 6.23. The first kappa shape index (κ1) is 13.6.